The molecule has 2 heterocycles. The fraction of sp³-hybridized carbons (Fsp3) is 0.444. The van der Waals surface area contributed by atoms with Gasteiger partial charge in [-0.25, -0.2) is 0 Å². The van der Waals surface area contributed by atoms with Crippen molar-refractivity contribution in [3.05, 3.63) is 53.9 Å². The van der Waals surface area contributed by atoms with Crippen molar-refractivity contribution < 1.29 is 9.90 Å². The van der Waals surface area contributed by atoms with Gasteiger partial charge in [0.25, 0.3) is 0 Å². The molecule has 0 saturated carbocycles. The Balaban J connectivity index is 1.54. The van der Waals surface area contributed by atoms with Gasteiger partial charge in [-0.2, -0.15) is 5.10 Å². The number of aromatic nitrogens is 2. The molecule has 2 unspecified atom stereocenters. The number of carboxylic acid groups (broad SMARTS) is 1. The van der Waals surface area contributed by atoms with Crippen LogP contribution in [0.5, 0.6) is 0 Å². The van der Waals surface area contributed by atoms with E-state index in [1.165, 1.54) is 5.56 Å². The van der Waals surface area contributed by atoms with Crippen LogP contribution < -0.4 is 5.73 Å². The maximum atomic E-state index is 11.2. The zero-order valence-corrected chi connectivity index (χ0v) is 13.7. The Morgan fingerprint density at radius 2 is 2.04 bits per heavy atom. The third-order valence-electron chi connectivity index (χ3n) is 4.46. The fourth-order valence-corrected chi connectivity index (χ4v) is 3.27. The smallest absolute Gasteiger partial charge is 0.307 e. The van der Waals surface area contributed by atoms with Crippen molar-refractivity contribution in [2.45, 2.75) is 32.0 Å². The molecule has 0 bridgehead atoms. The molecule has 3 N–H and O–H groups in total. The lowest BCUT2D eigenvalue weighted by Gasteiger charge is -2.33. The molecule has 128 valence electrons. The van der Waals surface area contributed by atoms with E-state index in [4.69, 9.17) is 5.73 Å². The van der Waals surface area contributed by atoms with Crippen LogP contribution in [0.25, 0.3) is 0 Å². The van der Waals surface area contributed by atoms with Crippen LogP contribution in [0.2, 0.25) is 0 Å². The fourth-order valence-electron chi connectivity index (χ4n) is 3.27. The molecule has 1 aromatic heterocycles. The van der Waals surface area contributed by atoms with E-state index in [-0.39, 0.29) is 12.0 Å². The second kappa shape index (κ2) is 7.59. The number of nitrogens with two attached hydrogens (primary N) is 1. The summed E-state index contributed by atoms with van der Waals surface area (Å²) in [6.07, 6.45) is 3.48. The van der Waals surface area contributed by atoms with Gasteiger partial charge in [-0.3, -0.25) is 14.4 Å². The maximum Gasteiger partial charge on any atom is 0.307 e. The highest BCUT2D eigenvalue weighted by atomic mass is 16.4. The number of hydrogen-bond acceptors (Lipinski definition) is 4. The van der Waals surface area contributed by atoms with E-state index < -0.39 is 5.97 Å². The van der Waals surface area contributed by atoms with Crippen LogP contribution in [0.3, 0.4) is 0 Å². The number of carbonyl (C=O) groups is 1. The van der Waals surface area contributed by atoms with Crippen molar-refractivity contribution in [2.75, 3.05) is 13.1 Å². The number of aryl methyl sites for hydroxylation is 2. The zero-order chi connectivity index (χ0) is 16.9. The summed E-state index contributed by atoms with van der Waals surface area (Å²) in [5.41, 5.74) is 8.25. The first-order chi connectivity index (χ1) is 11.6. The van der Waals surface area contributed by atoms with Crippen molar-refractivity contribution in [3.8, 4) is 0 Å². The highest BCUT2D eigenvalue weighted by Gasteiger charge is 2.29. The maximum absolute atomic E-state index is 11.2. The summed E-state index contributed by atoms with van der Waals surface area (Å²) in [5.74, 6) is -1.14. The number of likely N-dealkylation sites (tertiary alicyclic amines) is 1. The molecule has 2 atom stereocenters. The highest BCUT2D eigenvalue weighted by molar-refractivity contribution is 5.70. The van der Waals surface area contributed by atoms with Gasteiger partial charge in [0.05, 0.1) is 11.6 Å². The molecule has 3 rings (SSSR count). The molecule has 0 spiro atoms. The van der Waals surface area contributed by atoms with Crippen molar-refractivity contribution in [1.82, 2.24) is 14.7 Å². The minimum absolute atomic E-state index is 0.0833. The van der Waals surface area contributed by atoms with Gasteiger partial charge in [0.15, 0.2) is 0 Å². The number of piperidine rings is 1. The first-order valence-electron chi connectivity index (χ1n) is 8.37. The summed E-state index contributed by atoms with van der Waals surface area (Å²) in [4.78, 5) is 13.3. The van der Waals surface area contributed by atoms with Crippen LogP contribution in [0.15, 0.2) is 42.6 Å². The molecule has 0 radical (unpaired) electrons. The van der Waals surface area contributed by atoms with E-state index in [1.807, 2.05) is 35.1 Å². The van der Waals surface area contributed by atoms with Gasteiger partial charge in [0, 0.05) is 38.4 Å². The normalized spacial score (nSPS) is 21.7. The van der Waals surface area contributed by atoms with E-state index in [1.54, 1.807) is 0 Å². The topological polar surface area (TPSA) is 84.4 Å². The number of hydrogen-bond donors (Lipinski definition) is 2. The second-order valence-corrected chi connectivity index (χ2v) is 6.53. The monoisotopic (exact) mass is 328 g/mol. The molecule has 6 heteroatoms. The zero-order valence-electron chi connectivity index (χ0n) is 13.7. The summed E-state index contributed by atoms with van der Waals surface area (Å²) >= 11 is 0. The second-order valence-electron chi connectivity index (χ2n) is 6.53. The number of aliphatic carboxylic acids is 1. The molecule has 2 aromatic rings. The van der Waals surface area contributed by atoms with E-state index in [2.05, 4.69) is 22.1 Å². The van der Waals surface area contributed by atoms with Crippen LogP contribution in [0.1, 0.15) is 17.7 Å². The summed E-state index contributed by atoms with van der Waals surface area (Å²) in [6.45, 7) is 2.75. The molecular formula is C18H24N4O2. The number of nitrogens with zero attached hydrogens (tertiary/aromatic N) is 3. The molecule has 1 aliphatic rings. The van der Waals surface area contributed by atoms with Gasteiger partial charge in [-0.15, -0.1) is 0 Å². The quantitative estimate of drug-likeness (QED) is 0.836. The Bertz CT molecular complexity index is 671. The van der Waals surface area contributed by atoms with Crippen molar-refractivity contribution in [2.24, 2.45) is 11.7 Å². The molecule has 6 nitrogen and oxygen atoms in total. The average molecular weight is 328 g/mol. The lowest BCUT2D eigenvalue weighted by molar-refractivity contribution is -0.144. The van der Waals surface area contributed by atoms with Crippen molar-refractivity contribution in [1.29, 1.82) is 0 Å². The van der Waals surface area contributed by atoms with Crippen LogP contribution in [0, 0.1) is 5.92 Å². The van der Waals surface area contributed by atoms with Gasteiger partial charge < -0.3 is 10.8 Å². The minimum Gasteiger partial charge on any atom is -0.481 e. The molecule has 1 aliphatic heterocycles. The summed E-state index contributed by atoms with van der Waals surface area (Å²) in [6, 6.07) is 12.3. The molecular weight excluding hydrogens is 304 g/mol. The first kappa shape index (κ1) is 16.7. The highest BCUT2D eigenvalue weighted by Crippen LogP contribution is 2.18. The average Bonchev–Trinajstić information content (AvgIpc) is 3.01. The minimum atomic E-state index is -0.761. The van der Waals surface area contributed by atoms with Gasteiger partial charge in [-0.05, 0) is 24.5 Å². The Hall–Kier alpha value is -2.18. The van der Waals surface area contributed by atoms with E-state index in [9.17, 15) is 9.90 Å². The van der Waals surface area contributed by atoms with E-state index in [0.29, 0.717) is 19.5 Å². The van der Waals surface area contributed by atoms with Crippen LogP contribution in [0.4, 0.5) is 0 Å². The Morgan fingerprint density at radius 1 is 1.25 bits per heavy atom. The van der Waals surface area contributed by atoms with Gasteiger partial charge in [0.2, 0.25) is 0 Å². The third-order valence-corrected chi connectivity index (χ3v) is 4.46. The third kappa shape index (κ3) is 4.43. The lowest BCUT2D eigenvalue weighted by Crippen LogP contribution is -2.48. The predicted octanol–water partition coefficient (Wildman–Crippen LogP) is 1.36. The molecule has 0 amide bonds. The first-order valence-corrected chi connectivity index (χ1v) is 8.37. The summed E-state index contributed by atoms with van der Waals surface area (Å²) in [7, 11) is 0. The van der Waals surface area contributed by atoms with E-state index >= 15 is 0 Å². The number of carboxylic acids is 1. The number of rotatable bonds is 6. The van der Waals surface area contributed by atoms with Gasteiger partial charge in [0.1, 0.15) is 0 Å². The van der Waals surface area contributed by atoms with Crippen molar-refractivity contribution >= 4 is 5.97 Å². The van der Waals surface area contributed by atoms with Crippen molar-refractivity contribution in [3.63, 3.8) is 0 Å². The van der Waals surface area contributed by atoms with Crippen LogP contribution in [-0.4, -0.2) is 44.9 Å². The Morgan fingerprint density at radius 3 is 2.79 bits per heavy atom. The molecule has 1 fully saturated rings. The standard InChI is InChI=1S/C18H24N4O2/c19-16-10-15(18(23)24)11-21(12-16)13-17-7-9-22(20-17)8-6-14-4-2-1-3-5-14/h1-5,7,9,15-16H,6,8,10-13,19H2,(H,23,24). The Kier molecular flexibility index (Phi) is 5.27. The summed E-state index contributed by atoms with van der Waals surface area (Å²) < 4.78 is 1.95. The molecule has 0 aliphatic carbocycles. The lowest BCUT2D eigenvalue weighted by atomic mass is 9.95. The molecule has 24 heavy (non-hydrogen) atoms. The molecule has 1 saturated heterocycles. The molecule has 1 aromatic carbocycles. The van der Waals surface area contributed by atoms with Crippen LogP contribution >= 0.6 is 0 Å². The number of benzene rings is 1. The van der Waals surface area contributed by atoms with Gasteiger partial charge in [-0.1, -0.05) is 30.3 Å². The van der Waals surface area contributed by atoms with E-state index in [0.717, 1.165) is 25.2 Å². The SMILES string of the molecule is NC1CC(C(=O)O)CN(Cc2ccn(CCc3ccccc3)n2)C1. The van der Waals surface area contributed by atoms with Gasteiger partial charge >= 0.3 is 5.97 Å². The Labute approximate surface area is 141 Å². The predicted molar refractivity (Wildman–Crippen MR) is 91.4 cm³/mol. The summed E-state index contributed by atoms with van der Waals surface area (Å²) in [5, 5.41) is 13.8. The van der Waals surface area contributed by atoms with Crippen LogP contribution in [-0.2, 0) is 24.3 Å². The largest absolute Gasteiger partial charge is 0.481 e.